The van der Waals surface area contributed by atoms with Crippen molar-refractivity contribution in [2.75, 3.05) is 5.32 Å². The largest absolute Gasteiger partial charge is 0.322 e. The summed E-state index contributed by atoms with van der Waals surface area (Å²) in [5, 5.41) is 5.51. The van der Waals surface area contributed by atoms with Gasteiger partial charge in [0, 0.05) is 10.4 Å². The Morgan fingerprint density at radius 3 is 2.80 bits per heavy atom. The Morgan fingerprint density at radius 2 is 1.95 bits per heavy atom. The lowest BCUT2D eigenvalue weighted by Crippen LogP contribution is -2.14. The molecule has 1 heterocycles. The van der Waals surface area contributed by atoms with Gasteiger partial charge in [0.15, 0.2) is 11.6 Å². The summed E-state index contributed by atoms with van der Waals surface area (Å²) in [6, 6.07) is 10.8. The lowest BCUT2D eigenvalue weighted by Gasteiger charge is -2.06. The Balaban J connectivity index is 1.90. The molecular weight excluding hydrogens is 280 g/mol. The van der Waals surface area contributed by atoms with Gasteiger partial charge in [0.25, 0.3) is 5.91 Å². The fourth-order valence-electron chi connectivity index (χ4n) is 1.92. The number of halogens is 2. The molecule has 1 amide bonds. The van der Waals surface area contributed by atoms with Gasteiger partial charge in [0.2, 0.25) is 0 Å². The number of carbonyl (C=O) groups is 1. The zero-order valence-electron chi connectivity index (χ0n) is 10.2. The summed E-state index contributed by atoms with van der Waals surface area (Å²) < 4.78 is 27.7. The topological polar surface area (TPSA) is 29.1 Å². The molecule has 1 N–H and O–H groups in total. The molecular formula is C15H9F2NOS. The van der Waals surface area contributed by atoms with Crippen LogP contribution in [0.4, 0.5) is 14.5 Å². The van der Waals surface area contributed by atoms with Gasteiger partial charge in [-0.15, -0.1) is 11.3 Å². The second kappa shape index (κ2) is 5.02. The molecule has 0 aliphatic carbocycles. The minimum absolute atomic E-state index is 0.310. The highest BCUT2D eigenvalue weighted by atomic mass is 32.1. The van der Waals surface area contributed by atoms with Crippen LogP contribution in [0.5, 0.6) is 0 Å². The zero-order chi connectivity index (χ0) is 14.1. The smallest absolute Gasteiger partial charge is 0.258 e. The first kappa shape index (κ1) is 12.7. The van der Waals surface area contributed by atoms with Crippen molar-refractivity contribution in [3.63, 3.8) is 0 Å². The van der Waals surface area contributed by atoms with Gasteiger partial charge in [-0.05, 0) is 47.2 Å². The Morgan fingerprint density at radius 1 is 1.10 bits per heavy atom. The van der Waals surface area contributed by atoms with Crippen LogP contribution < -0.4 is 5.32 Å². The van der Waals surface area contributed by atoms with Gasteiger partial charge < -0.3 is 5.32 Å². The van der Waals surface area contributed by atoms with E-state index in [1.807, 2.05) is 17.5 Å². The molecule has 0 saturated heterocycles. The highest BCUT2D eigenvalue weighted by molar-refractivity contribution is 7.17. The number of anilines is 1. The van der Waals surface area contributed by atoms with Crippen molar-refractivity contribution in [1.29, 1.82) is 0 Å². The quantitative estimate of drug-likeness (QED) is 0.743. The van der Waals surface area contributed by atoms with Crippen molar-refractivity contribution >= 4 is 33.0 Å². The SMILES string of the molecule is O=C(Nc1ccc2sccc2c1)c1cccc(F)c1F. The predicted octanol–water partition coefficient (Wildman–Crippen LogP) is 4.43. The molecule has 0 saturated carbocycles. The highest BCUT2D eigenvalue weighted by Crippen LogP contribution is 2.24. The first-order valence-electron chi connectivity index (χ1n) is 5.88. The van der Waals surface area contributed by atoms with Crippen molar-refractivity contribution in [2.45, 2.75) is 0 Å². The average molecular weight is 289 g/mol. The summed E-state index contributed by atoms with van der Waals surface area (Å²) >= 11 is 1.59. The Bertz CT molecular complexity index is 797. The van der Waals surface area contributed by atoms with E-state index >= 15 is 0 Å². The van der Waals surface area contributed by atoms with E-state index in [1.54, 1.807) is 23.5 Å². The summed E-state index contributed by atoms with van der Waals surface area (Å²) in [4.78, 5) is 11.9. The van der Waals surface area contributed by atoms with Crippen LogP contribution in [0.2, 0.25) is 0 Å². The summed E-state index contributed by atoms with van der Waals surface area (Å²) in [6.45, 7) is 0. The molecule has 0 unspecified atom stereocenters. The normalized spacial score (nSPS) is 10.7. The Labute approximate surface area is 117 Å². The van der Waals surface area contributed by atoms with Crippen molar-refractivity contribution in [3.05, 3.63) is 65.0 Å². The van der Waals surface area contributed by atoms with Gasteiger partial charge >= 0.3 is 0 Å². The number of thiophene rings is 1. The van der Waals surface area contributed by atoms with Gasteiger partial charge in [0.1, 0.15) is 0 Å². The van der Waals surface area contributed by atoms with Crippen LogP contribution >= 0.6 is 11.3 Å². The predicted molar refractivity (Wildman–Crippen MR) is 76.1 cm³/mol. The van der Waals surface area contributed by atoms with E-state index in [2.05, 4.69) is 5.32 Å². The van der Waals surface area contributed by atoms with Crippen molar-refractivity contribution in [3.8, 4) is 0 Å². The van der Waals surface area contributed by atoms with Crippen LogP contribution in [0.15, 0.2) is 47.8 Å². The van der Waals surface area contributed by atoms with Gasteiger partial charge in [-0.1, -0.05) is 6.07 Å². The third-order valence-electron chi connectivity index (χ3n) is 2.91. The molecule has 0 aliphatic rings. The molecule has 0 fully saturated rings. The molecule has 0 atom stereocenters. The van der Waals surface area contributed by atoms with E-state index in [9.17, 15) is 13.6 Å². The lowest BCUT2D eigenvalue weighted by atomic mass is 10.1. The summed E-state index contributed by atoms with van der Waals surface area (Å²) in [5.41, 5.74) is 0.236. The fourth-order valence-corrected chi connectivity index (χ4v) is 2.69. The van der Waals surface area contributed by atoms with E-state index < -0.39 is 17.5 Å². The first-order valence-corrected chi connectivity index (χ1v) is 6.76. The summed E-state index contributed by atoms with van der Waals surface area (Å²) in [6.07, 6.45) is 0. The fraction of sp³-hybridized carbons (Fsp3) is 0. The molecule has 2 aromatic carbocycles. The minimum Gasteiger partial charge on any atom is -0.322 e. The van der Waals surface area contributed by atoms with Crippen LogP contribution in [0.25, 0.3) is 10.1 Å². The number of hydrogen-bond acceptors (Lipinski definition) is 2. The van der Waals surface area contributed by atoms with Gasteiger partial charge in [-0.2, -0.15) is 0 Å². The standard InChI is InChI=1S/C15H9F2NOS/c16-12-3-1-2-11(14(12)17)15(19)18-10-4-5-13-9(8-10)6-7-20-13/h1-8H,(H,18,19). The second-order valence-electron chi connectivity index (χ2n) is 4.23. The molecule has 3 aromatic rings. The number of nitrogens with one attached hydrogen (secondary N) is 1. The van der Waals surface area contributed by atoms with Crippen LogP contribution in [0.1, 0.15) is 10.4 Å². The molecule has 1 aromatic heterocycles. The van der Waals surface area contributed by atoms with E-state index in [-0.39, 0.29) is 5.56 Å². The van der Waals surface area contributed by atoms with Crippen molar-refractivity contribution < 1.29 is 13.6 Å². The number of hydrogen-bond donors (Lipinski definition) is 1. The maximum atomic E-state index is 13.5. The van der Waals surface area contributed by atoms with Crippen LogP contribution in [-0.4, -0.2) is 5.91 Å². The minimum atomic E-state index is -1.14. The maximum absolute atomic E-state index is 13.5. The number of carbonyl (C=O) groups excluding carboxylic acids is 1. The third-order valence-corrected chi connectivity index (χ3v) is 3.80. The molecule has 3 rings (SSSR count). The van der Waals surface area contributed by atoms with E-state index in [4.69, 9.17) is 0 Å². The molecule has 20 heavy (non-hydrogen) atoms. The molecule has 0 bridgehead atoms. The maximum Gasteiger partial charge on any atom is 0.258 e. The van der Waals surface area contributed by atoms with Crippen LogP contribution in [0, 0.1) is 11.6 Å². The average Bonchev–Trinajstić information content (AvgIpc) is 2.89. The van der Waals surface area contributed by atoms with Crippen molar-refractivity contribution in [2.24, 2.45) is 0 Å². The Hall–Kier alpha value is -2.27. The number of rotatable bonds is 2. The lowest BCUT2D eigenvalue weighted by molar-refractivity contribution is 0.102. The van der Waals surface area contributed by atoms with E-state index in [1.165, 1.54) is 12.1 Å². The monoisotopic (exact) mass is 289 g/mol. The molecule has 0 aliphatic heterocycles. The highest BCUT2D eigenvalue weighted by Gasteiger charge is 2.15. The number of fused-ring (bicyclic) bond motifs is 1. The van der Waals surface area contributed by atoms with Gasteiger partial charge in [-0.25, -0.2) is 8.78 Å². The molecule has 100 valence electrons. The molecule has 2 nitrogen and oxygen atoms in total. The van der Waals surface area contributed by atoms with E-state index in [0.29, 0.717) is 5.69 Å². The zero-order valence-corrected chi connectivity index (χ0v) is 11.0. The third kappa shape index (κ3) is 2.28. The summed E-state index contributed by atoms with van der Waals surface area (Å²) in [7, 11) is 0. The van der Waals surface area contributed by atoms with Gasteiger partial charge in [0.05, 0.1) is 5.56 Å². The van der Waals surface area contributed by atoms with Crippen LogP contribution in [0.3, 0.4) is 0 Å². The molecule has 5 heteroatoms. The molecule has 0 radical (unpaired) electrons. The second-order valence-corrected chi connectivity index (χ2v) is 5.18. The Kier molecular flexibility index (Phi) is 3.20. The number of amides is 1. The molecule has 0 spiro atoms. The van der Waals surface area contributed by atoms with Crippen LogP contribution in [-0.2, 0) is 0 Å². The van der Waals surface area contributed by atoms with E-state index in [0.717, 1.165) is 16.2 Å². The van der Waals surface area contributed by atoms with Crippen molar-refractivity contribution in [1.82, 2.24) is 0 Å². The van der Waals surface area contributed by atoms with Gasteiger partial charge in [-0.3, -0.25) is 4.79 Å². The first-order chi connectivity index (χ1) is 9.65. The summed E-state index contributed by atoms with van der Waals surface area (Å²) in [5.74, 6) is -2.84. The number of benzene rings is 2.